The fourth-order valence-electron chi connectivity index (χ4n) is 1.79. The molecule has 0 aliphatic carbocycles. The monoisotopic (exact) mass is 347 g/mol. The van der Waals surface area contributed by atoms with Gasteiger partial charge < -0.3 is 4.74 Å². The maximum atomic E-state index is 12.2. The van der Waals surface area contributed by atoms with Gasteiger partial charge in [-0.2, -0.15) is 0 Å². The highest BCUT2D eigenvalue weighted by atomic mass is 79.9. The lowest BCUT2D eigenvalue weighted by Crippen LogP contribution is -2.27. The van der Waals surface area contributed by atoms with Crippen molar-refractivity contribution in [1.29, 1.82) is 0 Å². The molecule has 0 saturated carbocycles. The summed E-state index contributed by atoms with van der Waals surface area (Å²) in [6.07, 6.45) is 5.17. The van der Waals surface area contributed by atoms with Crippen molar-refractivity contribution in [2.45, 2.75) is 26.4 Å². The molecule has 0 aliphatic heterocycles. The first-order valence-electron chi connectivity index (χ1n) is 6.69. The average Bonchev–Trinajstić information content (AvgIpc) is 2.77. The highest BCUT2D eigenvalue weighted by Crippen LogP contribution is 2.19. The molecule has 21 heavy (non-hydrogen) atoms. The van der Waals surface area contributed by atoms with Gasteiger partial charge in [-0.1, -0.05) is 36.4 Å². The van der Waals surface area contributed by atoms with Crippen LogP contribution in [0.5, 0.6) is 0 Å². The normalized spacial score (nSPS) is 11.8. The molecule has 0 spiro atoms. The van der Waals surface area contributed by atoms with Crippen LogP contribution in [-0.2, 0) is 4.74 Å². The van der Waals surface area contributed by atoms with E-state index in [1.807, 2.05) is 69.3 Å². The molecule has 3 nitrogen and oxygen atoms in total. The van der Waals surface area contributed by atoms with E-state index in [0.29, 0.717) is 0 Å². The van der Waals surface area contributed by atoms with Crippen LogP contribution in [0.15, 0.2) is 47.1 Å². The second-order valence-electron chi connectivity index (χ2n) is 5.68. The Labute approximate surface area is 133 Å². The number of rotatable bonds is 2. The average molecular weight is 348 g/mol. The van der Waals surface area contributed by atoms with Gasteiger partial charge in [0.2, 0.25) is 0 Å². The van der Waals surface area contributed by atoms with Crippen molar-refractivity contribution in [3.8, 4) is 0 Å². The number of halogens is 1. The molecule has 1 aromatic heterocycles. The summed E-state index contributed by atoms with van der Waals surface area (Å²) in [6, 6.07) is 11.8. The summed E-state index contributed by atoms with van der Waals surface area (Å²) in [6.45, 7) is 5.55. The van der Waals surface area contributed by atoms with Crippen molar-refractivity contribution in [1.82, 2.24) is 4.57 Å². The summed E-state index contributed by atoms with van der Waals surface area (Å²) in [4.78, 5) is 12.2. The summed E-state index contributed by atoms with van der Waals surface area (Å²) in [5.41, 5.74) is 1.32. The Hall–Kier alpha value is -1.81. The lowest BCUT2D eigenvalue weighted by atomic mass is 10.2. The first-order valence-corrected chi connectivity index (χ1v) is 7.49. The zero-order chi connectivity index (χ0) is 15.5. The standard InChI is InChI=1S/C17H18BrNO2/c1-17(2,3)21-16(20)19-12-14(18)11-15(19)10-9-13-7-5-4-6-8-13/h4-12H,1-3H3/b10-9+. The van der Waals surface area contributed by atoms with Gasteiger partial charge in [0.05, 0.1) is 5.69 Å². The fourth-order valence-corrected chi connectivity index (χ4v) is 2.23. The molecule has 0 atom stereocenters. The van der Waals surface area contributed by atoms with E-state index in [0.717, 1.165) is 15.7 Å². The van der Waals surface area contributed by atoms with Crippen LogP contribution >= 0.6 is 15.9 Å². The van der Waals surface area contributed by atoms with E-state index in [1.54, 1.807) is 6.20 Å². The second-order valence-corrected chi connectivity index (χ2v) is 6.59. The van der Waals surface area contributed by atoms with Crippen LogP contribution in [0.4, 0.5) is 4.79 Å². The summed E-state index contributed by atoms with van der Waals surface area (Å²) < 4.78 is 7.73. The van der Waals surface area contributed by atoms with E-state index in [1.165, 1.54) is 4.57 Å². The van der Waals surface area contributed by atoms with Gasteiger partial charge in [-0.3, -0.25) is 4.57 Å². The first kappa shape index (κ1) is 15.6. The Morgan fingerprint density at radius 3 is 2.48 bits per heavy atom. The largest absolute Gasteiger partial charge is 0.443 e. The third-order valence-electron chi connectivity index (χ3n) is 2.65. The summed E-state index contributed by atoms with van der Waals surface area (Å²) in [5.74, 6) is 0. The minimum atomic E-state index is -0.520. The fraction of sp³-hybridized carbons (Fsp3) is 0.235. The molecule has 0 radical (unpaired) electrons. The van der Waals surface area contributed by atoms with Gasteiger partial charge in [-0.25, -0.2) is 4.79 Å². The summed E-state index contributed by atoms with van der Waals surface area (Å²) >= 11 is 3.39. The number of aromatic nitrogens is 1. The van der Waals surface area contributed by atoms with E-state index < -0.39 is 5.60 Å². The summed E-state index contributed by atoms with van der Waals surface area (Å²) in [5, 5.41) is 0. The quantitative estimate of drug-likeness (QED) is 0.747. The van der Waals surface area contributed by atoms with Crippen LogP contribution in [0, 0.1) is 0 Å². The number of ether oxygens (including phenoxy) is 1. The van der Waals surface area contributed by atoms with Gasteiger partial charge >= 0.3 is 6.09 Å². The number of carbonyl (C=O) groups excluding carboxylic acids is 1. The van der Waals surface area contributed by atoms with Crippen molar-refractivity contribution < 1.29 is 9.53 Å². The molecular formula is C17H18BrNO2. The van der Waals surface area contributed by atoms with Crippen molar-refractivity contribution in [3.63, 3.8) is 0 Å². The lowest BCUT2D eigenvalue weighted by Gasteiger charge is -2.20. The molecular weight excluding hydrogens is 330 g/mol. The van der Waals surface area contributed by atoms with E-state index in [2.05, 4.69) is 15.9 Å². The molecule has 0 aliphatic rings. The van der Waals surface area contributed by atoms with Gasteiger partial charge in [0.25, 0.3) is 0 Å². The first-order chi connectivity index (χ1) is 9.85. The molecule has 0 saturated heterocycles. The number of hydrogen-bond donors (Lipinski definition) is 0. The zero-order valence-electron chi connectivity index (χ0n) is 12.3. The van der Waals surface area contributed by atoms with Crippen molar-refractivity contribution in [2.75, 3.05) is 0 Å². The molecule has 4 heteroatoms. The lowest BCUT2D eigenvalue weighted by molar-refractivity contribution is 0.0536. The maximum absolute atomic E-state index is 12.2. The van der Waals surface area contributed by atoms with E-state index in [4.69, 9.17) is 4.74 Å². The van der Waals surface area contributed by atoms with Crippen molar-refractivity contribution >= 4 is 34.2 Å². The predicted octanol–water partition coefficient (Wildman–Crippen LogP) is 5.20. The third-order valence-corrected chi connectivity index (χ3v) is 3.09. The topological polar surface area (TPSA) is 31.2 Å². The molecule has 1 heterocycles. The van der Waals surface area contributed by atoms with Crippen LogP contribution in [0.1, 0.15) is 32.0 Å². The Morgan fingerprint density at radius 2 is 1.86 bits per heavy atom. The minimum Gasteiger partial charge on any atom is -0.443 e. The van der Waals surface area contributed by atoms with Gasteiger partial charge in [-0.05, 0) is 54.4 Å². The minimum absolute atomic E-state index is 0.388. The Bertz CT molecular complexity index is 651. The number of benzene rings is 1. The number of hydrogen-bond acceptors (Lipinski definition) is 2. The maximum Gasteiger partial charge on any atom is 0.419 e. The molecule has 0 N–H and O–H groups in total. The second kappa shape index (κ2) is 6.31. The smallest absolute Gasteiger partial charge is 0.419 e. The highest BCUT2D eigenvalue weighted by molar-refractivity contribution is 9.10. The van der Waals surface area contributed by atoms with Crippen molar-refractivity contribution in [2.24, 2.45) is 0 Å². The van der Waals surface area contributed by atoms with Crippen molar-refractivity contribution in [3.05, 3.63) is 58.3 Å². The molecule has 2 rings (SSSR count). The van der Waals surface area contributed by atoms with Gasteiger partial charge in [0.15, 0.2) is 0 Å². The number of carbonyl (C=O) groups is 1. The molecule has 0 unspecified atom stereocenters. The predicted molar refractivity (Wildman–Crippen MR) is 89.1 cm³/mol. The molecule has 2 aromatic rings. The van der Waals surface area contributed by atoms with Crippen LogP contribution in [0.2, 0.25) is 0 Å². The SMILES string of the molecule is CC(C)(C)OC(=O)n1cc(Br)cc1/C=C/c1ccccc1. The summed E-state index contributed by atoms with van der Waals surface area (Å²) in [7, 11) is 0. The number of nitrogens with zero attached hydrogens (tertiary/aromatic N) is 1. The zero-order valence-corrected chi connectivity index (χ0v) is 13.9. The Kier molecular flexibility index (Phi) is 4.68. The molecule has 0 fully saturated rings. The van der Waals surface area contributed by atoms with Crippen LogP contribution in [0.25, 0.3) is 12.2 Å². The van der Waals surface area contributed by atoms with Crippen LogP contribution in [-0.4, -0.2) is 16.3 Å². The van der Waals surface area contributed by atoms with Crippen LogP contribution < -0.4 is 0 Å². The molecule has 110 valence electrons. The molecule has 0 amide bonds. The van der Waals surface area contributed by atoms with Crippen LogP contribution in [0.3, 0.4) is 0 Å². The van der Waals surface area contributed by atoms with Gasteiger partial charge in [-0.15, -0.1) is 0 Å². The van der Waals surface area contributed by atoms with E-state index in [-0.39, 0.29) is 6.09 Å². The Balaban J connectivity index is 2.25. The van der Waals surface area contributed by atoms with E-state index in [9.17, 15) is 4.79 Å². The van der Waals surface area contributed by atoms with E-state index >= 15 is 0 Å². The molecule has 1 aromatic carbocycles. The Morgan fingerprint density at radius 1 is 1.19 bits per heavy atom. The highest BCUT2D eigenvalue weighted by Gasteiger charge is 2.19. The van der Waals surface area contributed by atoms with Gasteiger partial charge in [0, 0.05) is 10.7 Å². The van der Waals surface area contributed by atoms with Gasteiger partial charge in [0.1, 0.15) is 5.60 Å². The third kappa shape index (κ3) is 4.60. The molecule has 0 bridgehead atoms.